The van der Waals surface area contributed by atoms with Gasteiger partial charge in [-0.25, -0.2) is 8.42 Å². The molecule has 1 saturated heterocycles. The summed E-state index contributed by atoms with van der Waals surface area (Å²) in [7, 11) is -3.52. The van der Waals surface area contributed by atoms with Gasteiger partial charge in [0, 0.05) is 13.1 Å². The Kier molecular flexibility index (Phi) is 5.49. The van der Waals surface area contributed by atoms with Gasteiger partial charge in [0.15, 0.2) is 0 Å². The number of sulfonamides is 1. The number of esters is 1. The summed E-state index contributed by atoms with van der Waals surface area (Å²) in [5, 5.41) is 0. The fourth-order valence-corrected chi connectivity index (χ4v) is 5.90. The Morgan fingerprint density at radius 2 is 1.62 bits per heavy atom. The van der Waals surface area contributed by atoms with Gasteiger partial charge in [-0.15, -0.1) is 0 Å². The van der Waals surface area contributed by atoms with Gasteiger partial charge in [0.1, 0.15) is 5.75 Å². The molecule has 1 heterocycles. The van der Waals surface area contributed by atoms with Gasteiger partial charge < -0.3 is 4.74 Å². The van der Waals surface area contributed by atoms with Crippen molar-refractivity contribution in [2.75, 3.05) is 13.1 Å². The topological polar surface area (TPSA) is 63.7 Å². The Balaban J connectivity index is 1.40. The summed E-state index contributed by atoms with van der Waals surface area (Å²) in [4.78, 5) is 12.9. The number of fused-ring (bicyclic) bond motifs is 1. The number of piperidine rings is 1. The van der Waals surface area contributed by atoms with Crippen LogP contribution in [0.25, 0.3) is 0 Å². The normalized spacial score (nSPS) is 17.9. The van der Waals surface area contributed by atoms with Crippen LogP contribution < -0.4 is 4.74 Å². The van der Waals surface area contributed by atoms with Crippen molar-refractivity contribution in [1.29, 1.82) is 0 Å². The molecular weight excluding hydrogens is 386 g/mol. The van der Waals surface area contributed by atoms with E-state index in [0.29, 0.717) is 36.6 Å². The molecule has 0 spiro atoms. The third kappa shape index (κ3) is 4.23. The van der Waals surface area contributed by atoms with Crippen molar-refractivity contribution in [3.05, 3.63) is 58.7 Å². The molecule has 1 aliphatic heterocycles. The average Bonchev–Trinajstić information content (AvgIpc) is 3.15. The number of benzene rings is 2. The first-order valence-corrected chi connectivity index (χ1v) is 11.7. The second-order valence-corrected chi connectivity index (χ2v) is 10.1. The van der Waals surface area contributed by atoms with E-state index in [0.717, 1.165) is 36.0 Å². The second-order valence-electron chi connectivity index (χ2n) is 8.21. The monoisotopic (exact) mass is 413 g/mol. The highest BCUT2D eigenvalue weighted by molar-refractivity contribution is 7.89. The summed E-state index contributed by atoms with van der Waals surface area (Å²) in [6.45, 7) is 4.61. The quantitative estimate of drug-likeness (QED) is 0.565. The molecule has 154 valence electrons. The molecule has 2 aliphatic rings. The van der Waals surface area contributed by atoms with Crippen molar-refractivity contribution in [2.24, 2.45) is 5.92 Å². The van der Waals surface area contributed by atoms with E-state index >= 15 is 0 Å². The maximum atomic E-state index is 13.0. The lowest BCUT2D eigenvalue weighted by atomic mass is 9.98. The lowest BCUT2D eigenvalue weighted by Crippen LogP contribution is -2.41. The zero-order valence-corrected chi connectivity index (χ0v) is 17.8. The van der Waals surface area contributed by atoms with Gasteiger partial charge in [-0.1, -0.05) is 12.1 Å². The van der Waals surface area contributed by atoms with E-state index < -0.39 is 10.0 Å². The molecule has 0 radical (unpaired) electrons. The van der Waals surface area contributed by atoms with Gasteiger partial charge in [0.2, 0.25) is 10.0 Å². The lowest BCUT2D eigenvalue weighted by molar-refractivity contribution is -0.140. The first-order chi connectivity index (χ1) is 13.8. The Morgan fingerprint density at radius 3 is 2.31 bits per heavy atom. The van der Waals surface area contributed by atoms with Crippen LogP contribution in [0.4, 0.5) is 0 Å². The van der Waals surface area contributed by atoms with Crippen LogP contribution in [0.5, 0.6) is 5.75 Å². The molecule has 0 saturated carbocycles. The third-order valence-corrected chi connectivity index (χ3v) is 7.80. The largest absolute Gasteiger partial charge is 0.426 e. The molecule has 0 amide bonds. The van der Waals surface area contributed by atoms with E-state index in [-0.39, 0.29) is 11.9 Å². The van der Waals surface area contributed by atoms with Crippen LogP contribution in [0, 0.1) is 19.8 Å². The molecule has 2 aromatic rings. The molecule has 4 rings (SSSR count). The van der Waals surface area contributed by atoms with E-state index in [1.54, 1.807) is 6.07 Å². The van der Waals surface area contributed by atoms with Crippen molar-refractivity contribution in [3.8, 4) is 5.75 Å². The number of hydrogen-bond acceptors (Lipinski definition) is 4. The van der Waals surface area contributed by atoms with E-state index in [1.165, 1.54) is 9.87 Å². The fraction of sp³-hybridized carbons (Fsp3) is 0.435. The highest BCUT2D eigenvalue weighted by atomic mass is 32.2. The third-order valence-electron chi connectivity index (χ3n) is 5.91. The molecule has 0 unspecified atom stereocenters. The van der Waals surface area contributed by atoms with E-state index in [9.17, 15) is 13.2 Å². The van der Waals surface area contributed by atoms with Crippen molar-refractivity contribution in [2.45, 2.75) is 50.8 Å². The smallest absolute Gasteiger partial charge is 0.314 e. The summed E-state index contributed by atoms with van der Waals surface area (Å²) in [6.07, 6.45) is 4.03. The van der Waals surface area contributed by atoms with Crippen molar-refractivity contribution in [1.82, 2.24) is 4.31 Å². The Bertz CT molecular complexity index is 1020. The standard InChI is InChI=1S/C23H27NO4S/c1-16-12-17(2)14-21(13-16)28-23(25)19-8-10-24(11-9-19)29(26,27)22-7-6-18-4-3-5-20(18)15-22/h6-7,12-15,19H,3-5,8-11H2,1-2H3. The van der Waals surface area contributed by atoms with E-state index in [1.807, 2.05) is 44.2 Å². The molecule has 6 heteroatoms. The molecular formula is C23H27NO4S. The first-order valence-electron chi connectivity index (χ1n) is 10.2. The minimum absolute atomic E-state index is 0.274. The molecule has 29 heavy (non-hydrogen) atoms. The molecule has 5 nitrogen and oxygen atoms in total. The molecule has 0 atom stereocenters. The molecule has 0 aromatic heterocycles. The van der Waals surface area contributed by atoms with Gasteiger partial charge in [-0.2, -0.15) is 4.31 Å². The fourth-order valence-electron chi connectivity index (χ4n) is 4.38. The summed E-state index contributed by atoms with van der Waals surface area (Å²) >= 11 is 0. The Morgan fingerprint density at radius 1 is 0.966 bits per heavy atom. The van der Waals surface area contributed by atoms with Crippen LogP contribution in [0.2, 0.25) is 0 Å². The predicted octanol–water partition coefficient (Wildman–Crippen LogP) is 3.80. The number of rotatable bonds is 4. The first kappa shape index (κ1) is 20.1. The molecule has 2 aromatic carbocycles. The number of carbonyl (C=O) groups excluding carboxylic acids is 1. The highest BCUT2D eigenvalue weighted by Crippen LogP contribution is 2.29. The van der Waals surface area contributed by atoms with Gasteiger partial charge in [-0.3, -0.25) is 4.79 Å². The minimum Gasteiger partial charge on any atom is -0.426 e. The van der Waals surface area contributed by atoms with E-state index in [4.69, 9.17) is 4.74 Å². The summed E-state index contributed by atoms with van der Waals surface area (Å²) in [5.74, 6) is 0.00700. The lowest BCUT2D eigenvalue weighted by Gasteiger charge is -2.30. The number of aryl methyl sites for hydroxylation is 4. The minimum atomic E-state index is -3.52. The van der Waals surface area contributed by atoms with Crippen LogP contribution in [0.3, 0.4) is 0 Å². The van der Waals surface area contributed by atoms with Crippen LogP contribution in [0.1, 0.15) is 41.5 Å². The van der Waals surface area contributed by atoms with Crippen LogP contribution >= 0.6 is 0 Å². The molecule has 1 aliphatic carbocycles. The zero-order chi connectivity index (χ0) is 20.6. The number of nitrogens with zero attached hydrogens (tertiary/aromatic N) is 1. The van der Waals surface area contributed by atoms with Gasteiger partial charge in [0.25, 0.3) is 0 Å². The van der Waals surface area contributed by atoms with Crippen molar-refractivity contribution < 1.29 is 17.9 Å². The van der Waals surface area contributed by atoms with Gasteiger partial charge in [0.05, 0.1) is 10.8 Å². The summed E-state index contributed by atoms with van der Waals surface area (Å²) in [6, 6.07) is 11.2. The van der Waals surface area contributed by atoms with Crippen LogP contribution in [0.15, 0.2) is 41.3 Å². The number of ether oxygens (including phenoxy) is 1. The Labute approximate surface area is 172 Å². The van der Waals surface area contributed by atoms with Crippen LogP contribution in [-0.4, -0.2) is 31.8 Å². The predicted molar refractivity (Wildman–Crippen MR) is 112 cm³/mol. The van der Waals surface area contributed by atoms with Crippen molar-refractivity contribution >= 4 is 16.0 Å². The maximum absolute atomic E-state index is 13.0. The maximum Gasteiger partial charge on any atom is 0.314 e. The summed E-state index contributed by atoms with van der Waals surface area (Å²) < 4.78 is 33.1. The van der Waals surface area contributed by atoms with Crippen LogP contribution in [-0.2, 0) is 27.7 Å². The summed E-state index contributed by atoms with van der Waals surface area (Å²) in [5.41, 5.74) is 4.50. The number of carbonyl (C=O) groups is 1. The molecule has 0 bridgehead atoms. The Hall–Kier alpha value is -2.18. The van der Waals surface area contributed by atoms with E-state index in [2.05, 4.69) is 0 Å². The zero-order valence-electron chi connectivity index (χ0n) is 17.0. The van der Waals surface area contributed by atoms with Crippen molar-refractivity contribution in [3.63, 3.8) is 0 Å². The molecule has 0 N–H and O–H groups in total. The SMILES string of the molecule is Cc1cc(C)cc(OC(=O)C2CCN(S(=O)(=O)c3ccc4c(c3)CCC4)CC2)c1. The van der Waals surface area contributed by atoms with Gasteiger partial charge >= 0.3 is 5.97 Å². The second kappa shape index (κ2) is 7.92. The molecule has 1 fully saturated rings. The van der Waals surface area contributed by atoms with Gasteiger partial charge in [-0.05, 0) is 92.5 Å². The highest BCUT2D eigenvalue weighted by Gasteiger charge is 2.33. The average molecular weight is 414 g/mol. The number of hydrogen-bond donors (Lipinski definition) is 0.